The van der Waals surface area contributed by atoms with Gasteiger partial charge in [0.2, 0.25) is 0 Å². The standard InChI is InChI=1S/C24H31N5O/c1-27(2)16-17-29(24(30)21-7-5-6-20(18-21)19-25)23-10-14-28(15-11-23)13-9-22-8-3-4-12-26-22/h3-8,12,18,23H,9-11,13-17H2,1-2H3. The summed E-state index contributed by atoms with van der Waals surface area (Å²) in [6.07, 6.45) is 4.74. The number of piperidine rings is 1. The summed E-state index contributed by atoms with van der Waals surface area (Å²) in [7, 11) is 4.05. The number of likely N-dealkylation sites (N-methyl/N-ethyl adjacent to an activating group) is 1. The van der Waals surface area contributed by atoms with Gasteiger partial charge in [0.1, 0.15) is 0 Å². The highest BCUT2D eigenvalue weighted by molar-refractivity contribution is 5.94. The fourth-order valence-electron chi connectivity index (χ4n) is 3.92. The van der Waals surface area contributed by atoms with Crippen LogP contribution in [0.1, 0.15) is 34.5 Å². The zero-order valence-electron chi connectivity index (χ0n) is 18.0. The largest absolute Gasteiger partial charge is 0.334 e. The van der Waals surface area contributed by atoms with E-state index in [2.05, 4.69) is 26.9 Å². The Labute approximate surface area is 179 Å². The van der Waals surface area contributed by atoms with Crippen molar-refractivity contribution in [2.75, 3.05) is 46.8 Å². The Morgan fingerprint density at radius 2 is 1.97 bits per heavy atom. The molecular weight excluding hydrogens is 374 g/mol. The molecule has 2 aromatic rings. The van der Waals surface area contributed by atoms with E-state index in [0.717, 1.165) is 51.1 Å². The second-order valence-electron chi connectivity index (χ2n) is 8.14. The number of carbonyl (C=O) groups is 1. The molecule has 1 fully saturated rings. The van der Waals surface area contributed by atoms with E-state index in [9.17, 15) is 10.1 Å². The fourth-order valence-corrected chi connectivity index (χ4v) is 3.92. The number of amides is 1. The first-order valence-corrected chi connectivity index (χ1v) is 10.6. The molecule has 2 heterocycles. The van der Waals surface area contributed by atoms with E-state index < -0.39 is 0 Å². The number of hydrogen-bond acceptors (Lipinski definition) is 5. The average molecular weight is 406 g/mol. The third-order valence-electron chi connectivity index (χ3n) is 5.70. The van der Waals surface area contributed by atoms with Crippen LogP contribution in [0.15, 0.2) is 48.7 Å². The number of rotatable bonds is 8. The average Bonchev–Trinajstić information content (AvgIpc) is 2.79. The van der Waals surface area contributed by atoms with Crippen LogP contribution in [0.5, 0.6) is 0 Å². The van der Waals surface area contributed by atoms with Crippen LogP contribution in [0.25, 0.3) is 0 Å². The minimum Gasteiger partial charge on any atom is -0.334 e. The first-order valence-electron chi connectivity index (χ1n) is 10.6. The molecule has 0 bridgehead atoms. The summed E-state index contributed by atoms with van der Waals surface area (Å²) in [5, 5.41) is 9.18. The Bertz CT molecular complexity index is 853. The molecule has 3 rings (SSSR count). The van der Waals surface area contributed by atoms with Crippen molar-refractivity contribution in [3.05, 3.63) is 65.5 Å². The molecule has 0 aliphatic carbocycles. The van der Waals surface area contributed by atoms with Gasteiger partial charge in [-0.1, -0.05) is 12.1 Å². The monoisotopic (exact) mass is 405 g/mol. The van der Waals surface area contributed by atoms with Gasteiger partial charge in [-0.05, 0) is 57.3 Å². The summed E-state index contributed by atoms with van der Waals surface area (Å²) < 4.78 is 0. The summed E-state index contributed by atoms with van der Waals surface area (Å²) in [6.45, 7) is 4.49. The fraction of sp³-hybridized carbons (Fsp3) is 0.458. The van der Waals surface area contributed by atoms with Gasteiger partial charge in [0.15, 0.2) is 0 Å². The Kier molecular flexibility index (Phi) is 7.95. The predicted molar refractivity (Wildman–Crippen MR) is 118 cm³/mol. The van der Waals surface area contributed by atoms with Crippen LogP contribution < -0.4 is 0 Å². The smallest absolute Gasteiger partial charge is 0.254 e. The molecule has 1 aliphatic heterocycles. The lowest BCUT2D eigenvalue weighted by Crippen LogP contribution is -2.49. The van der Waals surface area contributed by atoms with Crippen LogP contribution in [0.3, 0.4) is 0 Å². The molecule has 0 N–H and O–H groups in total. The van der Waals surface area contributed by atoms with Crippen LogP contribution >= 0.6 is 0 Å². The molecule has 1 amide bonds. The van der Waals surface area contributed by atoms with E-state index in [4.69, 9.17) is 0 Å². The maximum atomic E-state index is 13.3. The van der Waals surface area contributed by atoms with Crippen molar-refractivity contribution in [3.8, 4) is 6.07 Å². The van der Waals surface area contributed by atoms with Crippen molar-refractivity contribution in [2.45, 2.75) is 25.3 Å². The zero-order valence-corrected chi connectivity index (χ0v) is 18.0. The second-order valence-corrected chi connectivity index (χ2v) is 8.14. The van der Waals surface area contributed by atoms with Crippen molar-refractivity contribution in [1.29, 1.82) is 5.26 Å². The molecule has 6 nitrogen and oxygen atoms in total. The highest BCUT2D eigenvalue weighted by Crippen LogP contribution is 2.20. The Balaban J connectivity index is 1.61. The maximum absolute atomic E-state index is 13.3. The normalized spacial score (nSPS) is 15.1. The van der Waals surface area contributed by atoms with Crippen LogP contribution in [0.4, 0.5) is 0 Å². The van der Waals surface area contributed by atoms with Gasteiger partial charge in [-0.2, -0.15) is 5.26 Å². The molecular formula is C24H31N5O. The van der Waals surface area contributed by atoms with Crippen molar-refractivity contribution >= 4 is 5.91 Å². The molecule has 1 aromatic carbocycles. The topological polar surface area (TPSA) is 63.5 Å². The van der Waals surface area contributed by atoms with E-state index in [-0.39, 0.29) is 11.9 Å². The van der Waals surface area contributed by atoms with Gasteiger partial charge in [-0.25, -0.2) is 0 Å². The highest BCUT2D eigenvalue weighted by Gasteiger charge is 2.28. The molecule has 1 saturated heterocycles. The van der Waals surface area contributed by atoms with Gasteiger partial charge < -0.3 is 14.7 Å². The lowest BCUT2D eigenvalue weighted by Gasteiger charge is -2.39. The SMILES string of the molecule is CN(C)CCN(C(=O)c1cccc(C#N)c1)C1CCN(CCc2ccccn2)CC1. The summed E-state index contributed by atoms with van der Waals surface area (Å²) in [5.41, 5.74) is 2.25. The molecule has 6 heteroatoms. The van der Waals surface area contributed by atoms with Gasteiger partial charge in [-0.3, -0.25) is 9.78 Å². The van der Waals surface area contributed by atoms with Crippen molar-refractivity contribution < 1.29 is 4.79 Å². The Morgan fingerprint density at radius 3 is 2.63 bits per heavy atom. The number of carbonyl (C=O) groups excluding carboxylic acids is 1. The van der Waals surface area contributed by atoms with Gasteiger partial charge >= 0.3 is 0 Å². The number of likely N-dealkylation sites (tertiary alicyclic amines) is 1. The molecule has 0 radical (unpaired) electrons. The number of benzene rings is 1. The van der Waals surface area contributed by atoms with Gasteiger partial charge in [0, 0.05) is 62.6 Å². The third-order valence-corrected chi connectivity index (χ3v) is 5.70. The predicted octanol–water partition coefficient (Wildman–Crippen LogP) is 2.66. The van der Waals surface area contributed by atoms with E-state index in [0.29, 0.717) is 17.7 Å². The van der Waals surface area contributed by atoms with Crippen LogP contribution in [-0.2, 0) is 6.42 Å². The van der Waals surface area contributed by atoms with Gasteiger partial charge in [0.05, 0.1) is 11.6 Å². The summed E-state index contributed by atoms with van der Waals surface area (Å²) in [5.74, 6) is 0.0286. The molecule has 1 aliphatic rings. The zero-order chi connectivity index (χ0) is 21.3. The van der Waals surface area contributed by atoms with E-state index >= 15 is 0 Å². The van der Waals surface area contributed by atoms with Crippen molar-refractivity contribution in [2.24, 2.45) is 0 Å². The van der Waals surface area contributed by atoms with Crippen molar-refractivity contribution in [1.82, 2.24) is 19.7 Å². The molecule has 158 valence electrons. The molecule has 0 spiro atoms. The maximum Gasteiger partial charge on any atom is 0.254 e. The van der Waals surface area contributed by atoms with Crippen LogP contribution in [-0.4, -0.2) is 78.5 Å². The van der Waals surface area contributed by atoms with Crippen molar-refractivity contribution in [3.63, 3.8) is 0 Å². The van der Waals surface area contributed by atoms with E-state index in [1.54, 1.807) is 18.2 Å². The minimum atomic E-state index is 0.0286. The number of aromatic nitrogens is 1. The first-order chi connectivity index (χ1) is 14.6. The Hall–Kier alpha value is -2.75. The van der Waals surface area contributed by atoms with Gasteiger partial charge in [-0.15, -0.1) is 0 Å². The lowest BCUT2D eigenvalue weighted by atomic mass is 10.0. The summed E-state index contributed by atoms with van der Waals surface area (Å²) >= 11 is 0. The van der Waals surface area contributed by atoms with E-state index in [1.165, 1.54) is 0 Å². The number of hydrogen-bond donors (Lipinski definition) is 0. The molecule has 0 unspecified atom stereocenters. The minimum absolute atomic E-state index is 0.0286. The molecule has 30 heavy (non-hydrogen) atoms. The number of nitriles is 1. The third kappa shape index (κ3) is 6.12. The Morgan fingerprint density at radius 1 is 1.17 bits per heavy atom. The summed E-state index contributed by atoms with van der Waals surface area (Å²) in [6, 6.07) is 15.5. The number of pyridine rings is 1. The van der Waals surface area contributed by atoms with Crippen LogP contribution in [0, 0.1) is 11.3 Å². The first kappa shape index (κ1) is 21.9. The van der Waals surface area contributed by atoms with E-state index in [1.807, 2.05) is 43.4 Å². The number of nitrogens with zero attached hydrogens (tertiary/aromatic N) is 5. The highest BCUT2D eigenvalue weighted by atomic mass is 16.2. The van der Waals surface area contributed by atoms with Crippen LogP contribution in [0.2, 0.25) is 0 Å². The second kappa shape index (κ2) is 10.9. The molecule has 0 atom stereocenters. The van der Waals surface area contributed by atoms with Gasteiger partial charge in [0.25, 0.3) is 5.91 Å². The molecule has 1 aromatic heterocycles. The lowest BCUT2D eigenvalue weighted by molar-refractivity contribution is 0.0556. The molecule has 0 saturated carbocycles. The quantitative estimate of drug-likeness (QED) is 0.676. The summed E-state index contributed by atoms with van der Waals surface area (Å²) in [4.78, 5) is 24.3.